The highest BCUT2D eigenvalue weighted by Crippen LogP contribution is 2.31. The molecule has 88 valence electrons. The van der Waals surface area contributed by atoms with Crippen LogP contribution in [0.2, 0.25) is 0 Å². The van der Waals surface area contributed by atoms with Crippen LogP contribution in [0, 0.1) is 6.92 Å². The highest BCUT2D eigenvalue weighted by Gasteiger charge is 2.27. The van der Waals surface area contributed by atoms with Gasteiger partial charge in [0.05, 0.1) is 0 Å². The van der Waals surface area contributed by atoms with Crippen molar-refractivity contribution in [2.24, 2.45) is 0 Å². The third-order valence-electron chi connectivity index (χ3n) is 2.98. The molecule has 1 atom stereocenters. The van der Waals surface area contributed by atoms with Crippen molar-refractivity contribution < 1.29 is 5.11 Å². The van der Waals surface area contributed by atoms with Crippen LogP contribution in [0.5, 0.6) is 0 Å². The van der Waals surface area contributed by atoms with Crippen LogP contribution < -0.4 is 5.73 Å². The summed E-state index contributed by atoms with van der Waals surface area (Å²) >= 11 is 0. The fraction of sp³-hybridized carbons (Fsp3) is 0.214. The van der Waals surface area contributed by atoms with Crippen LogP contribution in [-0.2, 0) is 5.60 Å². The highest BCUT2D eigenvalue weighted by atomic mass is 16.3. The van der Waals surface area contributed by atoms with Gasteiger partial charge < -0.3 is 10.8 Å². The van der Waals surface area contributed by atoms with Crippen LogP contribution in [-0.4, -0.2) is 10.1 Å². The molecule has 1 aromatic heterocycles. The Hall–Kier alpha value is -1.87. The maximum absolute atomic E-state index is 10.6. The molecule has 1 heterocycles. The van der Waals surface area contributed by atoms with Gasteiger partial charge in [-0.1, -0.05) is 35.9 Å². The van der Waals surface area contributed by atoms with Crippen molar-refractivity contribution in [1.29, 1.82) is 0 Å². The SMILES string of the molecule is Cc1ccc(C(C)(O)c2cccnc2N)cc1. The molecule has 0 aliphatic heterocycles. The highest BCUT2D eigenvalue weighted by molar-refractivity contribution is 5.47. The molecule has 0 radical (unpaired) electrons. The molecular formula is C14H16N2O. The van der Waals surface area contributed by atoms with Crippen molar-refractivity contribution in [2.45, 2.75) is 19.4 Å². The minimum atomic E-state index is -1.12. The van der Waals surface area contributed by atoms with Crippen molar-refractivity contribution in [1.82, 2.24) is 4.98 Å². The average Bonchev–Trinajstić information content (AvgIpc) is 2.30. The number of nitrogens with two attached hydrogens (primary N) is 1. The molecule has 1 aromatic carbocycles. The minimum absolute atomic E-state index is 0.359. The number of nitrogens with zero attached hydrogens (tertiary/aromatic N) is 1. The fourth-order valence-electron chi connectivity index (χ4n) is 1.86. The molecule has 0 bridgehead atoms. The van der Waals surface area contributed by atoms with Crippen LogP contribution in [0.4, 0.5) is 5.82 Å². The Morgan fingerprint density at radius 2 is 1.82 bits per heavy atom. The summed E-state index contributed by atoms with van der Waals surface area (Å²) in [6.45, 7) is 3.74. The first-order chi connectivity index (χ1) is 8.01. The quantitative estimate of drug-likeness (QED) is 0.828. The summed E-state index contributed by atoms with van der Waals surface area (Å²) in [7, 11) is 0. The van der Waals surface area contributed by atoms with E-state index >= 15 is 0 Å². The summed E-state index contributed by atoms with van der Waals surface area (Å²) in [5.41, 5.74) is 7.28. The lowest BCUT2D eigenvalue weighted by Crippen LogP contribution is -2.24. The Labute approximate surface area is 101 Å². The zero-order valence-electron chi connectivity index (χ0n) is 10.0. The molecule has 2 aromatic rings. The standard InChI is InChI=1S/C14H16N2O/c1-10-5-7-11(8-6-10)14(2,17)12-4-3-9-16-13(12)15/h3-9,17H,1-2H3,(H2,15,16). The first kappa shape index (κ1) is 11.6. The molecular weight excluding hydrogens is 212 g/mol. The molecule has 0 spiro atoms. The van der Waals surface area contributed by atoms with Crippen molar-refractivity contribution >= 4 is 5.82 Å². The second kappa shape index (κ2) is 4.18. The third kappa shape index (κ3) is 2.15. The molecule has 0 saturated heterocycles. The molecule has 17 heavy (non-hydrogen) atoms. The molecule has 3 N–H and O–H groups in total. The predicted molar refractivity (Wildman–Crippen MR) is 68.5 cm³/mol. The van der Waals surface area contributed by atoms with Gasteiger partial charge in [-0.2, -0.15) is 0 Å². The molecule has 0 amide bonds. The lowest BCUT2D eigenvalue weighted by atomic mass is 9.88. The maximum atomic E-state index is 10.6. The van der Waals surface area contributed by atoms with E-state index < -0.39 is 5.60 Å². The van der Waals surface area contributed by atoms with Crippen LogP contribution in [0.3, 0.4) is 0 Å². The van der Waals surface area contributed by atoms with E-state index in [0.29, 0.717) is 11.4 Å². The maximum Gasteiger partial charge on any atom is 0.129 e. The monoisotopic (exact) mass is 228 g/mol. The predicted octanol–water partition coefficient (Wildman–Crippen LogP) is 2.23. The van der Waals surface area contributed by atoms with Gasteiger partial charge in [-0.15, -0.1) is 0 Å². The number of hydrogen-bond donors (Lipinski definition) is 2. The lowest BCUT2D eigenvalue weighted by molar-refractivity contribution is 0.103. The van der Waals surface area contributed by atoms with Crippen molar-refractivity contribution in [3.63, 3.8) is 0 Å². The number of benzene rings is 1. The van der Waals surface area contributed by atoms with E-state index in [1.165, 1.54) is 0 Å². The summed E-state index contributed by atoms with van der Waals surface area (Å²) in [6, 6.07) is 11.3. The molecule has 0 aliphatic rings. The van der Waals surface area contributed by atoms with Gasteiger partial charge in [0.2, 0.25) is 0 Å². The van der Waals surface area contributed by atoms with Crippen molar-refractivity contribution in [2.75, 3.05) is 5.73 Å². The number of aromatic nitrogens is 1. The first-order valence-electron chi connectivity index (χ1n) is 5.52. The van der Waals surface area contributed by atoms with Gasteiger partial charge in [0.1, 0.15) is 11.4 Å². The van der Waals surface area contributed by atoms with Crippen molar-refractivity contribution in [3.8, 4) is 0 Å². The smallest absolute Gasteiger partial charge is 0.129 e. The van der Waals surface area contributed by atoms with Gasteiger partial charge in [-0.25, -0.2) is 4.98 Å². The van der Waals surface area contributed by atoms with Gasteiger partial charge in [0.15, 0.2) is 0 Å². The Kier molecular flexibility index (Phi) is 2.86. The number of pyridine rings is 1. The van der Waals surface area contributed by atoms with Crippen LogP contribution in [0.15, 0.2) is 42.6 Å². The number of hydrogen-bond acceptors (Lipinski definition) is 3. The third-order valence-corrected chi connectivity index (χ3v) is 2.98. The topological polar surface area (TPSA) is 59.1 Å². The normalized spacial score (nSPS) is 14.3. The Morgan fingerprint density at radius 1 is 1.18 bits per heavy atom. The largest absolute Gasteiger partial charge is 0.383 e. The number of rotatable bonds is 2. The van der Waals surface area contributed by atoms with E-state index in [4.69, 9.17) is 5.73 Å². The summed E-state index contributed by atoms with van der Waals surface area (Å²) in [5, 5.41) is 10.6. The van der Waals surface area contributed by atoms with E-state index in [1.807, 2.05) is 31.2 Å². The summed E-state index contributed by atoms with van der Waals surface area (Å²) < 4.78 is 0. The van der Waals surface area contributed by atoms with E-state index in [1.54, 1.807) is 25.3 Å². The van der Waals surface area contributed by atoms with Gasteiger partial charge in [-0.05, 0) is 25.5 Å². The van der Waals surface area contributed by atoms with Gasteiger partial charge in [0, 0.05) is 11.8 Å². The number of nitrogen functional groups attached to an aromatic ring is 1. The van der Waals surface area contributed by atoms with Crippen LogP contribution >= 0.6 is 0 Å². The zero-order valence-corrected chi connectivity index (χ0v) is 10.0. The molecule has 3 nitrogen and oxygen atoms in total. The fourth-order valence-corrected chi connectivity index (χ4v) is 1.86. The van der Waals surface area contributed by atoms with E-state index in [2.05, 4.69) is 4.98 Å². The lowest BCUT2D eigenvalue weighted by Gasteiger charge is -2.25. The number of anilines is 1. The molecule has 2 rings (SSSR count). The molecule has 0 saturated carbocycles. The average molecular weight is 228 g/mol. The van der Waals surface area contributed by atoms with Gasteiger partial charge >= 0.3 is 0 Å². The number of aryl methyl sites for hydroxylation is 1. The second-order valence-electron chi connectivity index (χ2n) is 4.37. The second-order valence-corrected chi connectivity index (χ2v) is 4.37. The summed E-state index contributed by atoms with van der Waals surface area (Å²) in [4.78, 5) is 4.01. The Morgan fingerprint density at radius 3 is 2.41 bits per heavy atom. The van der Waals surface area contributed by atoms with E-state index in [9.17, 15) is 5.11 Å². The van der Waals surface area contributed by atoms with Gasteiger partial charge in [0.25, 0.3) is 0 Å². The zero-order chi connectivity index (χ0) is 12.5. The molecule has 0 fully saturated rings. The first-order valence-corrected chi connectivity index (χ1v) is 5.52. The van der Waals surface area contributed by atoms with Crippen molar-refractivity contribution in [3.05, 3.63) is 59.3 Å². The van der Waals surface area contributed by atoms with E-state index in [0.717, 1.165) is 11.1 Å². The Bertz CT molecular complexity index is 518. The summed E-state index contributed by atoms with van der Waals surface area (Å²) in [5.74, 6) is 0.359. The van der Waals surface area contributed by atoms with Crippen LogP contribution in [0.25, 0.3) is 0 Å². The van der Waals surface area contributed by atoms with E-state index in [-0.39, 0.29) is 0 Å². The minimum Gasteiger partial charge on any atom is -0.383 e. The molecule has 3 heteroatoms. The summed E-state index contributed by atoms with van der Waals surface area (Å²) in [6.07, 6.45) is 1.62. The number of aliphatic hydroxyl groups is 1. The molecule has 0 aliphatic carbocycles. The van der Waals surface area contributed by atoms with Gasteiger partial charge in [-0.3, -0.25) is 0 Å². The molecule has 1 unspecified atom stereocenters. The Balaban J connectivity index is 2.49. The van der Waals surface area contributed by atoms with Crippen LogP contribution in [0.1, 0.15) is 23.6 Å².